The zero-order valence-electron chi connectivity index (χ0n) is 12.2. The van der Waals surface area contributed by atoms with Crippen molar-refractivity contribution < 1.29 is 13.9 Å². The van der Waals surface area contributed by atoms with Gasteiger partial charge < -0.3 is 13.9 Å². The van der Waals surface area contributed by atoms with E-state index in [1.807, 2.05) is 36.4 Å². The number of hydrogen-bond donors (Lipinski definition) is 1. The van der Waals surface area contributed by atoms with Crippen LogP contribution in [-0.2, 0) is 0 Å². The average molecular weight is 297 g/mol. The summed E-state index contributed by atoms with van der Waals surface area (Å²) in [4.78, 5) is 4.27. The van der Waals surface area contributed by atoms with Crippen LogP contribution in [0.25, 0.3) is 11.1 Å². The third-order valence-electron chi connectivity index (χ3n) is 3.10. The van der Waals surface area contributed by atoms with Gasteiger partial charge in [0.25, 0.3) is 0 Å². The Labute approximate surface area is 127 Å². The van der Waals surface area contributed by atoms with Gasteiger partial charge in [-0.05, 0) is 24.3 Å². The lowest BCUT2D eigenvalue weighted by Gasteiger charge is -2.06. The van der Waals surface area contributed by atoms with E-state index >= 15 is 0 Å². The second-order valence-electron chi connectivity index (χ2n) is 4.46. The van der Waals surface area contributed by atoms with Crippen molar-refractivity contribution in [2.45, 2.75) is 0 Å². The van der Waals surface area contributed by atoms with E-state index in [9.17, 15) is 0 Å². The van der Waals surface area contributed by atoms with E-state index in [0.29, 0.717) is 17.3 Å². The SMILES string of the molecule is COc1ccc(C=NNc2nc3ccccc3o2)c(OC)c1. The minimum absolute atomic E-state index is 0.338. The number of hydrazone groups is 1. The largest absolute Gasteiger partial charge is 0.497 e. The zero-order chi connectivity index (χ0) is 15.4. The average Bonchev–Trinajstić information content (AvgIpc) is 2.97. The molecule has 0 saturated carbocycles. The van der Waals surface area contributed by atoms with Crippen LogP contribution in [-0.4, -0.2) is 25.4 Å². The molecular weight excluding hydrogens is 282 g/mol. The Balaban J connectivity index is 1.76. The van der Waals surface area contributed by atoms with Crippen LogP contribution < -0.4 is 14.9 Å². The molecule has 0 spiro atoms. The molecule has 112 valence electrons. The van der Waals surface area contributed by atoms with Crippen molar-refractivity contribution in [1.82, 2.24) is 4.98 Å². The normalized spacial score (nSPS) is 11.0. The third kappa shape index (κ3) is 2.85. The molecular formula is C16H15N3O3. The molecule has 3 rings (SSSR count). The summed E-state index contributed by atoms with van der Waals surface area (Å²) in [6.07, 6.45) is 1.63. The summed E-state index contributed by atoms with van der Waals surface area (Å²) >= 11 is 0. The van der Waals surface area contributed by atoms with Crippen LogP contribution in [0.3, 0.4) is 0 Å². The number of methoxy groups -OCH3 is 2. The van der Waals surface area contributed by atoms with E-state index in [2.05, 4.69) is 15.5 Å². The Hall–Kier alpha value is -3.02. The van der Waals surface area contributed by atoms with Gasteiger partial charge in [0, 0.05) is 11.6 Å². The molecule has 22 heavy (non-hydrogen) atoms. The number of fused-ring (bicyclic) bond motifs is 1. The number of oxazole rings is 1. The standard InChI is InChI=1S/C16H15N3O3/c1-20-12-8-7-11(15(9-12)21-2)10-17-19-16-18-13-5-3-4-6-14(13)22-16/h3-10H,1-2H3,(H,18,19). The summed E-state index contributed by atoms with van der Waals surface area (Å²) in [5.74, 6) is 1.39. The molecule has 1 N–H and O–H groups in total. The first-order valence-electron chi connectivity index (χ1n) is 6.67. The molecule has 0 aliphatic rings. The van der Waals surface area contributed by atoms with Crippen molar-refractivity contribution in [2.24, 2.45) is 5.10 Å². The van der Waals surface area contributed by atoms with Crippen LogP contribution in [0.1, 0.15) is 5.56 Å². The number of aromatic nitrogens is 1. The highest BCUT2D eigenvalue weighted by atomic mass is 16.5. The predicted octanol–water partition coefficient (Wildman–Crippen LogP) is 3.29. The third-order valence-corrected chi connectivity index (χ3v) is 3.10. The molecule has 0 saturated heterocycles. The second kappa shape index (κ2) is 6.17. The molecule has 0 bridgehead atoms. The Morgan fingerprint density at radius 3 is 2.77 bits per heavy atom. The fourth-order valence-electron chi connectivity index (χ4n) is 2.00. The van der Waals surface area contributed by atoms with Gasteiger partial charge in [0.05, 0.1) is 20.4 Å². The van der Waals surface area contributed by atoms with Gasteiger partial charge >= 0.3 is 6.01 Å². The maximum absolute atomic E-state index is 5.51. The fraction of sp³-hybridized carbons (Fsp3) is 0.125. The molecule has 1 aromatic heterocycles. The van der Waals surface area contributed by atoms with Crippen LogP contribution in [0.5, 0.6) is 11.5 Å². The highest BCUT2D eigenvalue weighted by molar-refractivity contribution is 5.84. The minimum Gasteiger partial charge on any atom is -0.497 e. The van der Waals surface area contributed by atoms with Crippen molar-refractivity contribution in [1.29, 1.82) is 0 Å². The van der Waals surface area contributed by atoms with E-state index in [-0.39, 0.29) is 0 Å². The number of anilines is 1. The summed E-state index contributed by atoms with van der Waals surface area (Å²) in [5, 5.41) is 4.12. The van der Waals surface area contributed by atoms with Crippen LogP contribution in [0.4, 0.5) is 6.01 Å². The molecule has 1 heterocycles. The Morgan fingerprint density at radius 1 is 1.14 bits per heavy atom. The van der Waals surface area contributed by atoms with Crippen molar-refractivity contribution in [2.75, 3.05) is 19.6 Å². The van der Waals surface area contributed by atoms with Gasteiger partial charge in [-0.1, -0.05) is 12.1 Å². The van der Waals surface area contributed by atoms with Crippen LogP contribution >= 0.6 is 0 Å². The lowest BCUT2D eigenvalue weighted by atomic mass is 10.2. The summed E-state index contributed by atoms with van der Waals surface area (Å²) in [5.41, 5.74) is 5.07. The van der Waals surface area contributed by atoms with Crippen LogP contribution in [0.2, 0.25) is 0 Å². The number of nitrogens with zero attached hydrogens (tertiary/aromatic N) is 2. The molecule has 0 amide bonds. The van der Waals surface area contributed by atoms with Gasteiger partial charge in [0.1, 0.15) is 17.0 Å². The van der Waals surface area contributed by atoms with Gasteiger partial charge in [-0.25, -0.2) is 5.43 Å². The first-order valence-corrected chi connectivity index (χ1v) is 6.67. The number of rotatable bonds is 5. The number of para-hydroxylation sites is 2. The summed E-state index contributed by atoms with van der Waals surface area (Å²) in [6, 6.07) is 13.3. The Morgan fingerprint density at radius 2 is 2.00 bits per heavy atom. The van der Waals surface area contributed by atoms with E-state index in [1.165, 1.54) is 0 Å². The Bertz CT molecular complexity index is 778. The molecule has 0 unspecified atom stereocenters. The first kappa shape index (κ1) is 13.9. The molecule has 6 nitrogen and oxygen atoms in total. The van der Waals surface area contributed by atoms with E-state index in [1.54, 1.807) is 26.5 Å². The topological polar surface area (TPSA) is 68.9 Å². The maximum atomic E-state index is 5.51. The molecule has 0 atom stereocenters. The lowest BCUT2D eigenvalue weighted by molar-refractivity contribution is 0.394. The molecule has 3 aromatic rings. The van der Waals surface area contributed by atoms with Gasteiger partial charge in [0.15, 0.2) is 5.58 Å². The van der Waals surface area contributed by atoms with Crippen molar-refractivity contribution in [3.8, 4) is 11.5 Å². The molecule has 0 fully saturated rings. The highest BCUT2D eigenvalue weighted by Crippen LogP contribution is 2.23. The molecule has 0 radical (unpaired) electrons. The number of hydrogen-bond acceptors (Lipinski definition) is 6. The molecule has 2 aromatic carbocycles. The van der Waals surface area contributed by atoms with E-state index in [0.717, 1.165) is 16.8 Å². The minimum atomic E-state index is 0.338. The van der Waals surface area contributed by atoms with Crippen molar-refractivity contribution in [3.05, 3.63) is 48.0 Å². The number of ether oxygens (including phenoxy) is 2. The maximum Gasteiger partial charge on any atom is 0.316 e. The molecule has 0 aliphatic carbocycles. The summed E-state index contributed by atoms with van der Waals surface area (Å²) in [7, 11) is 3.21. The lowest BCUT2D eigenvalue weighted by Crippen LogP contribution is -1.95. The van der Waals surface area contributed by atoms with E-state index in [4.69, 9.17) is 13.9 Å². The van der Waals surface area contributed by atoms with Crippen LogP contribution in [0, 0.1) is 0 Å². The monoisotopic (exact) mass is 297 g/mol. The smallest absolute Gasteiger partial charge is 0.316 e. The second-order valence-corrected chi connectivity index (χ2v) is 4.46. The molecule has 6 heteroatoms. The van der Waals surface area contributed by atoms with E-state index < -0.39 is 0 Å². The number of benzene rings is 2. The van der Waals surface area contributed by atoms with Gasteiger partial charge in [-0.15, -0.1) is 0 Å². The Kier molecular flexibility index (Phi) is 3.91. The highest BCUT2D eigenvalue weighted by Gasteiger charge is 2.04. The number of nitrogens with one attached hydrogen (secondary N) is 1. The van der Waals surface area contributed by atoms with Gasteiger partial charge in [0.2, 0.25) is 0 Å². The van der Waals surface area contributed by atoms with Gasteiger partial charge in [-0.3, -0.25) is 0 Å². The van der Waals surface area contributed by atoms with Crippen LogP contribution in [0.15, 0.2) is 52.0 Å². The van der Waals surface area contributed by atoms with Gasteiger partial charge in [-0.2, -0.15) is 10.1 Å². The summed E-state index contributed by atoms with van der Waals surface area (Å²) < 4.78 is 16.0. The first-order chi connectivity index (χ1) is 10.8. The molecule has 0 aliphatic heterocycles. The van der Waals surface area contributed by atoms with Crippen molar-refractivity contribution in [3.63, 3.8) is 0 Å². The fourth-order valence-corrected chi connectivity index (χ4v) is 2.00. The predicted molar refractivity (Wildman–Crippen MR) is 84.8 cm³/mol. The quantitative estimate of drug-likeness (QED) is 0.578. The summed E-state index contributed by atoms with van der Waals surface area (Å²) in [6.45, 7) is 0. The van der Waals surface area contributed by atoms with Crippen molar-refractivity contribution >= 4 is 23.3 Å². The zero-order valence-corrected chi connectivity index (χ0v) is 12.2.